The third-order valence-corrected chi connectivity index (χ3v) is 12.3. The molecule has 2 aliphatic rings. The molecule has 0 fully saturated rings. The maximum absolute atomic E-state index is 13.5. The maximum atomic E-state index is 13.5. The van der Waals surface area contributed by atoms with Crippen molar-refractivity contribution in [2.45, 2.75) is 148 Å². The van der Waals surface area contributed by atoms with Gasteiger partial charge in [-0.3, -0.25) is 9.59 Å². The van der Waals surface area contributed by atoms with Gasteiger partial charge in [-0.05, 0) is 32.1 Å². The molecule has 57 heavy (non-hydrogen) atoms. The first kappa shape index (κ1) is 50.4. The number of methoxy groups -OCH3 is 4. The van der Waals surface area contributed by atoms with Crippen molar-refractivity contribution in [3.05, 3.63) is 48.2 Å². The van der Waals surface area contributed by atoms with Gasteiger partial charge < -0.3 is 43.5 Å². The monoisotopic (exact) mass is 806 g/mol. The molecule has 0 saturated carbocycles. The van der Waals surface area contributed by atoms with Gasteiger partial charge in [-0.25, -0.2) is 4.79 Å². The number of cyclic esters (lactones) is 1. The average Bonchev–Trinajstić information content (AvgIpc) is 3.20. The predicted molar refractivity (Wildman–Crippen MR) is 221 cm³/mol. The SMILES string of the molecule is COC1CC2CC=CC(CC(O)CC=C(C)C=CC(=O)OC(C(C)C(O)C(C)CCC(=O)C(C)C(OC)C(C)C=CN(C)C=O)C(C)C(OC)CC(OC)C1C)O2. The van der Waals surface area contributed by atoms with Gasteiger partial charge in [0.15, 0.2) is 0 Å². The molecule has 15 atom stereocenters. The number of nitrogens with zero attached hydrogens (tertiary/aromatic N) is 1. The van der Waals surface area contributed by atoms with Crippen LogP contribution in [0.5, 0.6) is 0 Å². The van der Waals surface area contributed by atoms with Crippen LogP contribution < -0.4 is 0 Å². The lowest BCUT2D eigenvalue weighted by molar-refractivity contribution is -0.159. The van der Waals surface area contributed by atoms with Crippen molar-refractivity contribution >= 4 is 18.2 Å². The highest BCUT2D eigenvalue weighted by Crippen LogP contribution is 2.34. The van der Waals surface area contributed by atoms with Gasteiger partial charge in [0, 0.05) is 103 Å². The molecule has 15 unspecified atom stereocenters. The molecule has 0 aromatic carbocycles. The highest BCUT2D eigenvalue weighted by atomic mass is 16.5. The molecular formula is C45H75NO11. The lowest BCUT2D eigenvalue weighted by atomic mass is 9.78. The zero-order valence-electron chi connectivity index (χ0n) is 36.7. The summed E-state index contributed by atoms with van der Waals surface area (Å²) in [6, 6.07) is 0. The van der Waals surface area contributed by atoms with E-state index in [-0.39, 0.29) is 66.4 Å². The minimum absolute atomic E-state index is 0.0147. The lowest BCUT2D eigenvalue weighted by Crippen LogP contribution is -2.46. The number of carbonyl (C=O) groups excluding carboxylic acids is 3. The number of amides is 1. The van der Waals surface area contributed by atoms with Gasteiger partial charge in [0.05, 0.1) is 48.8 Å². The maximum Gasteiger partial charge on any atom is 0.331 e. The van der Waals surface area contributed by atoms with Crippen LogP contribution in [-0.2, 0) is 42.8 Å². The highest BCUT2D eigenvalue weighted by Gasteiger charge is 2.40. The molecule has 2 N–H and O–H groups in total. The molecule has 2 heterocycles. The van der Waals surface area contributed by atoms with E-state index in [1.54, 1.807) is 47.8 Å². The van der Waals surface area contributed by atoms with Gasteiger partial charge in [0.1, 0.15) is 11.9 Å². The molecule has 12 nitrogen and oxygen atoms in total. The standard InChI is InChI=1S/C45H75NO11/c1-28-16-19-35(48)24-36-14-13-15-37(56-36)25-39(52-9)32(5)40(53-10)26-41(54-11)33(6)45(57-42(50)21-17-28)34(7)43(51)29(2)18-20-38(49)31(4)44(55-12)30(3)22-23-46(8)27-47/h13-14,16-17,21-23,27,29-37,39-41,43-45,48,51H,15,18-20,24-26H2,1-12H3. The summed E-state index contributed by atoms with van der Waals surface area (Å²) in [5, 5.41) is 22.7. The van der Waals surface area contributed by atoms with Crippen molar-refractivity contribution < 1.29 is 53.0 Å². The van der Waals surface area contributed by atoms with E-state index in [9.17, 15) is 24.6 Å². The van der Waals surface area contributed by atoms with Crippen LogP contribution in [0.25, 0.3) is 0 Å². The van der Waals surface area contributed by atoms with Gasteiger partial charge in [-0.2, -0.15) is 0 Å². The molecule has 1 amide bonds. The second kappa shape index (κ2) is 25.7. The third-order valence-electron chi connectivity index (χ3n) is 12.3. The van der Waals surface area contributed by atoms with Crippen LogP contribution in [0.15, 0.2) is 48.2 Å². The van der Waals surface area contributed by atoms with Crippen LogP contribution in [0.1, 0.15) is 93.4 Å². The zero-order chi connectivity index (χ0) is 42.8. The number of esters is 1. The molecule has 12 heteroatoms. The Morgan fingerprint density at radius 2 is 1.60 bits per heavy atom. The summed E-state index contributed by atoms with van der Waals surface area (Å²) >= 11 is 0. The molecule has 0 aliphatic carbocycles. The minimum Gasteiger partial charge on any atom is -0.458 e. The molecular weight excluding hydrogens is 730 g/mol. The van der Waals surface area contributed by atoms with Crippen LogP contribution >= 0.6 is 0 Å². The number of ether oxygens (including phenoxy) is 6. The first-order chi connectivity index (χ1) is 27.0. The number of Topliss-reactive ketones (excluding diaryl/α,β-unsaturated/α-hetero) is 1. The number of carbonyl (C=O) groups is 3. The summed E-state index contributed by atoms with van der Waals surface area (Å²) in [4.78, 5) is 39.3. The topological polar surface area (TPSA) is 150 Å². The lowest BCUT2D eigenvalue weighted by Gasteiger charge is -2.39. The zero-order valence-corrected chi connectivity index (χ0v) is 36.7. The van der Waals surface area contributed by atoms with Gasteiger partial charge in [0.25, 0.3) is 0 Å². The largest absolute Gasteiger partial charge is 0.458 e. The Labute approximate surface area is 343 Å². The Morgan fingerprint density at radius 3 is 2.21 bits per heavy atom. The van der Waals surface area contributed by atoms with Crippen molar-refractivity contribution in [2.75, 3.05) is 35.5 Å². The van der Waals surface area contributed by atoms with Crippen LogP contribution in [0, 0.1) is 35.5 Å². The highest BCUT2D eigenvalue weighted by molar-refractivity contribution is 5.82. The Hall–Kier alpha value is -2.71. The van der Waals surface area contributed by atoms with E-state index in [0.717, 1.165) is 12.0 Å². The molecule has 0 saturated heterocycles. The third kappa shape index (κ3) is 16.1. The fourth-order valence-corrected chi connectivity index (χ4v) is 8.31. The average molecular weight is 806 g/mol. The number of fused-ring (bicyclic) bond motifs is 2. The first-order valence-corrected chi connectivity index (χ1v) is 20.7. The molecule has 326 valence electrons. The van der Waals surface area contributed by atoms with Crippen LogP contribution in [0.2, 0.25) is 0 Å². The Balaban J connectivity index is 2.36. The van der Waals surface area contributed by atoms with Crippen molar-refractivity contribution in [1.82, 2.24) is 4.90 Å². The fraction of sp³-hybridized carbons (Fsp3) is 0.756. The van der Waals surface area contributed by atoms with Crippen LogP contribution in [0.4, 0.5) is 0 Å². The first-order valence-electron chi connectivity index (χ1n) is 20.7. The molecule has 0 aromatic rings. The summed E-state index contributed by atoms with van der Waals surface area (Å²) in [5.41, 5.74) is 0.799. The predicted octanol–water partition coefficient (Wildman–Crippen LogP) is 6.24. The van der Waals surface area contributed by atoms with Crippen molar-refractivity contribution in [3.8, 4) is 0 Å². The van der Waals surface area contributed by atoms with Crippen molar-refractivity contribution in [1.29, 1.82) is 0 Å². The molecule has 2 rings (SSSR count). The molecule has 2 bridgehead atoms. The summed E-state index contributed by atoms with van der Waals surface area (Å²) < 4.78 is 36.5. The van der Waals surface area contributed by atoms with E-state index in [1.807, 2.05) is 59.8 Å². The quantitative estimate of drug-likeness (QED) is 0.104. The summed E-state index contributed by atoms with van der Waals surface area (Å²) in [7, 11) is 8.22. The fourth-order valence-electron chi connectivity index (χ4n) is 8.31. The van der Waals surface area contributed by atoms with E-state index < -0.39 is 42.2 Å². The number of aliphatic hydroxyl groups is 2. The van der Waals surface area contributed by atoms with Crippen molar-refractivity contribution in [3.63, 3.8) is 0 Å². The van der Waals surface area contributed by atoms with Crippen LogP contribution in [-0.4, -0.2) is 124 Å². The Kier molecular flexibility index (Phi) is 22.7. The second-order valence-corrected chi connectivity index (χ2v) is 16.6. The Morgan fingerprint density at radius 1 is 0.965 bits per heavy atom. The van der Waals surface area contributed by atoms with E-state index in [2.05, 4.69) is 13.0 Å². The van der Waals surface area contributed by atoms with Gasteiger partial charge in [-0.1, -0.05) is 77.5 Å². The number of allylic oxidation sites excluding steroid dienone is 2. The number of ketones is 1. The molecule has 2 aliphatic heterocycles. The number of rotatable bonds is 16. The Bertz CT molecular complexity index is 1330. The van der Waals surface area contributed by atoms with Gasteiger partial charge in [0.2, 0.25) is 6.41 Å². The van der Waals surface area contributed by atoms with Crippen LogP contribution in [0.3, 0.4) is 0 Å². The van der Waals surface area contributed by atoms with Gasteiger partial charge in [-0.15, -0.1) is 0 Å². The van der Waals surface area contributed by atoms with E-state index >= 15 is 0 Å². The van der Waals surface area contributed by atoms with Crippen molar-refractivity contribution in [2.24, 2.45) is 35.5 Å². The summed E-state index contributed by atoms with van der Waals surface area (Å²) in [6.45, 7) is 13.5. The summed E-state index contributed by atoms with van der Waals surface area (Å²) in [5.74, 6) is -2.33. The number of hydrogen-bond acceptors (Lipinski definition) is 11. The number of hydrogen-bond donors (Lipinski definition) is 2. The minimum atomic E-state index is -0.911. The normalized spacial score (nSPS) is 31.6. The van der Waals surface area contributed by atoms with Gasteiger partial charge >= 0.3 is 5.97 Å². The second-order valence-electron chi connectivity index (χ2n) is 16.6. The van der Waals surface area contributed by atoms with E-state index in [1.165, 1.54) is 11.0 Å². The molecule has 0 radical (unpaired) electrons. The van der Waals surface area contributed by atoms with E-state index in [0.29, 0.717) is 38.5 Å². The smallest absolute Gasteiger partial charge is 0.331 e. The summed E-state index contributed by atoms with van der Waals surface area (Å²) in [6.07, 6.45) is 12.8. The number of aliphatic hydroxyl groups excluding tert-OH is 2. The van der Waals surface area contributed by atoms with E-state index in [4.69, 9.17) is 28.4 Å². The molecule has 0 spiro atoms. The molecule has 0 aromatic heterocycles.